The van der Waals surface area contributed by atoms with E-state index in [0.717, 1.165) is 43.2 Å². The van der Waals surface area contributed by atoms with E-state index in [0.29, 0.717) is 64.9 Å². The molecule has 8 unspecified atom stereocenters. The lowest BCUT2D eigenvalue weighted by Crippen LogP contribution is -2.54. The molecule has 8 atom stereocenters. The molecule has 64 heavy (non-hydrogen) atoms. The zero-order valence-electron chi connectivity index (χ0n) is 37.1. The van der Waals surface area contributed by atoms with Crippen molar-refractivity contribution >= 4 is 23.4 Å². The number of carbonyl (C=O) groups is 3. The molecule has 3 aromatic rings. The quantitative estimate of drug-likeness (QED) is 0.0756. The number of aromatic hydroxyl groups is 1. The van der Waals surface area contributed by atoms with E-state index in [1.807, 2.05) is 49.4 Å². The Morgan fingerprint density at radius 1 is 0.906 bits per heavy atom. The average molecular weight is 874 g/mol. The van der Waals surface area contributed by atoms with E-state index in [4.69, 9.17) is 9.47 Å². The van der Waals surface area contributed by atoms with E-state index >= 15 is 4.79 Å². The smallest absolute Gasteiger partial charge is 0.334 e. The molecular formula is C53H63NO10. The van der Waals surface area contributed by atoms with E-state index < -0.39 is 53.6 Å². The number of phenolic OH excluding ortho intramolecular Hbond substituents is 1. The Morgan fingerprint density at radius 3 is 2.42 bits per heavy atom. The second-order valence-electron chi connectivity index (χ2n) is 19.1. The third-order valence-corrected chi connectivity index (χ3v) is 14.3. The van der Waals surface area contributed by atoms with Crippen molar-refractivity contribution in [1.29, 1.82) is 0 Å². The summed E-state index contributed by atoms with van der Waals surface area (Å²) in [4.78, 5) is 42.3. The maximum absolute atomic E-state index is 15.1. The van der Waals surface area contributed by atoms with Crippen LogP contribution in [-0.4, -0.2) is 73.7 Å². The number of esters is 2. The molecule has 6 N–H and O–H groups in total. The van der Waals surface area contributed by atoms with Crippen molar-refractivity contribution < 1.29 is 49.4 Å². The van der Waals surface area contributed by atoms with E-state index in [2.05, 4.69) is 17.2 Å². The van der Waals surface area contributed by atoms with Crippen molar-refractivity contribution in [3.8, 4) is 23.3 Å². The molecule has 8 bridgehead atoms. The Hall–Kier alpha value is -4.99. The molecule has 3 aliphatic heterocycles. The van der Waals surface area contributed by atoms with Crippen LogP contribution >= 0.6 is 0 Å². The monoisotopic (exact) mass is 873 g/mol. The first-order valence-electron chi connectivity index (χ1n) is 23.5. The van der Waals surface area contributed by atoms with Gasteiger partial charge in [-0.25, -0.2) is 4.79 Å². The number of carbonyl (C=O) groups excluding carboxylic acids is 3. The predicted molar refractivity (Wildman–Crippen MR) is 242 cm³/mol. The number of rotatable bonds is 8. The van der Waals surface area contributed by atoms with Gasteiger partial charge in [0.25, 0.3) is 0 Å². The molecule has 0 amide bonds. The Bertz CT molecular complexity index is 2330. The van der Waals surface area contributed by atoms with Crippen LogP contribution in [0.3, 0.4) is 0 Å². The molecule has 3 aromatic carbocycles. The second-order valence-corrected chi connectivity index (χ2v) is 19.1. The molecule has 0 radical (unpaired) electrons. The summed E-state index contributed by atoms with van der Waals surface area (Å²) in [7, 11) is 0. The molecule has 2 fully saturated rings. The Morgan fingerprint density at radius 2 is 1.67 bits per heavy atom. The minimum Gasteiger partial charge on any atom is -0.507 e. The van der Waals surface area contributed by atoms with Gasteiger partial charge in [0.05, 0.1) is 31.2 Å². The Balaban J connectivity index is 1.36. The van der Waals surface area contributed by atoms with Gasteiger partial charge in [-0.3, -0.25) is 9.59 Å². The zero-order chi connectivity index (χ0) is 45.1. The van der Waals surface area contributed by atoms with E-state index in [1.165, 1.54) is 6.08 Å². The summed E-state index contributed by atoms with van der Waals surface area (Å²) in [5.74, 6) is 3.81. The largest absolute Gasteiger partial charge is 0.507 e. The molecule has 0 aromatic heterocycles. The lowest BCUT2D eigenvalue weighted by Gasteiger charge is -2.45. The predicted octanol–water partition coefficient (Wildman–Crippen LogP) is 7.37. The first kappa shape index (κ1) is 45.6. The summed E-state index contributed by atoms with van der Waals surface area (Å²) in [5.41, 5.74) is 3.82. The highest BCUT2D eigenvalue weighted by molar-refractivity contribution is 5.89. The second kappa shape index (κ2) is 19.6. The van der Waals surface area contributed by atoms with Gasteiger partial charge in [0.2, 0.25) is 0 Å². The number of anilines is 1. The van der Waals surface area contributed by atoms with Crippen LogP contribution in [-0.2, 0) is 45.0 Å². The number of fused-ring (bicyclic) bond motifs is 8. The molecule has 0 spiro atoms. The van der Waals surface area contributed by atoms with E-state index in [9.17, 15) is 35.1 Å². The van der Waals surface area contributed by atoms with Gasteiger partial charge in [-0.05, 0) is 116 Å². The van der Waals surface area contributed by atoms with Crippen molar-refractivity contribution in [2.75, 3.05) is 11.9 Å². The highest BCUT2D eigenvalue weighted by Crippen LogP contribution is 2.51. The van der Waals surface area contributed by atoms with Crippen molar-refractivity contribution in [3.05, 3.63) is 99.1 Å². The van der Waals surface area contributed by atoms with Crippen LogP contribution in [0.25, 0.3) is 0 Å². The van der Waals surface area contributed by atoms with Crippen LogP contribution in [0, 0.1) is 23.7 Å². The Kier molecular flexibility index (Phi) is 14.0. The fourth-order valence-corrected chi connectivity index (χ4v) is 11.1. The Labute approximate surface area is 376 Å². The molecule has 11 nitrogen and oxygen atoms in total. The molecule has 2 aliphatic carbocycles. The fraction of sp³-hybridized carbons (Fsp3) is 0.528. The molecule has 2 saturated carbocycles. The van der Waals surface area contributed by atoms with Crippen LogP contribution < -0.4 is 10.1 Å². The van der Waals surface area contributed by atoms with Crippen molar-refractivity contribution in [1.82, 2.24) is 0 Å². The van der Waals surface area contributed by atoms with Crippen molar-refractivity contribution in [2.45, 2.75) is 158 Å². The number of hydrogen-bond donors (Lipinski definition) is 6. The third-order valence-electron chi connectivity index (χ3n) is 14.3. The van der Waals surface area contributed by atoms with Gasteiger partial charge in [-0.2, -0.15) is 0 Å². The zero-order valence-corrected chi connectivity index (χ0v) is 37.1. The number of ketones is 1. The fourth-order valence-electron chi connectivity index (χ4n) is 11.1. The summed E-state index contributed by atoms with van der Waals surface area (Å²) in [6.07, 6.45) is 5.47. The van der Waals surface area contributed by atoms with E-state index in [1.54, 1.807) is 13.0 Å². The highest BCUT2D eigenvalue weighted by atomic mass is 16.6. The van der Waals surface area contributed by atoms with Gasteiger partial charge in [-0.15, -0.1) is 0 Å². The van der Waals surface area contributed by atoms with Gasteiger partial charge in [-0.1, -0.05) is 74.8 Å². The van der Waals surface area contributed by atoms with Crippen LogP contribution in [0.5, 0.6) is 11.5 Å². The van der Waals surface area contributed by atoms with Crippen molar-refractivity contribution in [3.63, 3.8) is 0 Å². The summed E-state index contributed by atoms with van der Waals surface area (Å²) in [5, 5.41) is 61.4. The number of benzene rings is 3. The maximum atomic E-state index is 15.1. The minimum absolute atomic E-state index is 0.0350. The number of nitrogens with one attached hydrogen (secondary N) is 1. The number of aliphatic hydroxyl groups excluding tert-OH is 3. The number of phenols is 1. The minimum atomic E-state index is -1.62. The van der Waals surface area contributed by atoms with Crippen LogP contribution in [0.1, 0.15) is 148 Å². The van der Waals surface area contributed by atoms with Crippen LogP contribution in [0.15, 0.2) is 60.2 Å². The molecule has 8 rings (SSSR count). The lowest BCUT2D eigenvalue weighted by atomic mass is 9.66. The molecule has 0 saturated heterocycles. The standard InChI is InChI=1S/C53H63NO10/c1-3-16-53(62)42-14-15-46(58)39(23-42)18-32-8-7-9-33(17-32)21-44(57)25-41-22-36(38-19-34(30-55)20-43(24-38)54-29-31(2)56)12-13-37-28-48(59)64-51-45(37)26-40(27-47(53)63-52(41)61)50(60)49(51)35-10-5-4-6-11-35/h7-9,17,19-20,24-26,31,35-37,39,42,44,47,54-57,60,62H,3-6,10-11,14-16,18,21-23,27-30H2,1-2H3. The van der Waals surface area contributed by atoms with Gasteiger partial charge < -0.3 is 40.3 Å². The maximum Gasteiger partial charge on any atom is 0.334 e. The van der Waals surface area contributed by atoms with Gasteiger partial charge >= 0.3 is 11.9 Å². The first-order valence-corrected chi connectivity index (χ1v) is 23.5. The molecule has 5 aliphatic rings. The summed E-state index contributed by atoms with van der Waals surface area (Å²) in [6, 6.07) is 15.1. The number of Topliss-reactive ketones (excluding diaryl/α,β-unsaturated/α-hetero) is 1. The number of aliphatic hydroxyl groups is 4. The highest BCUT2D eigenvalue weighted by Gasteiger charge is 2.49. The summed E-state index contributed by atoms with van der Waals surface area (Å²) >= 11 is 0. The van der Waals surface area contributed by atoms with E-state index in [-0.39, 0.29) is 80.6 Å². The van der Waals surface area contributed by atoms with Crippen LogP contribution in [0.4, 0.5) is 5.69 Å². The first-order chi connectivity index (χ1) is 30.8. The van der Waals surface area contributed by atoms with Crippen molar-refractivity contribution in [2.24, 2.45) is 11.8 Å². The van der Waals surface area contributed by atoms with Gasteiger partial charge in [0, 0.05) is 60.0 Å². The van der Waals surface area contributed by atoms with Gasteiger partial charge in [0.15, 0.2) is 0 Å². The van der Waals surface area contributed by atoms with Gasteiger partial charge in [0.1, 0.15) is 29.0 Å². The summed E-state index contributed by atoms with van der Waals surface area (Å²) < 4.78 is 12.7. The molecule has 3 heterocycles. The van der Waals surface area contributed by atoms with Crippen LogP contribution in [0.2, 0.25) is 0 Å². The normalized spacial score (nSPS) is 28.0. The molecule has 11 heteroatoms. The lowest BCUT2D eigenvalue weighted by molar-refractivity contribution is -0.176. The average Bonchev–Trinajstić information content (AvgIpc) is 3.28. The molecule has 340 valence electrons. The summed E-state index contributed by atoms with van der Waals surface area (Å²) in [6.45, 7) is 3.59. The molecular weight excluding hydrogens is 811 g/mol. The number of ether oxygens (including phenoxy) is 2. The SMILES string of the molecule is CCCC1(O)C2CCC(=O)C(Cc3cccc(c3)CC(O)C=C3CC(c4cc(CO)cc(NCC(C)O)c4)C#CC4CC(=O)Oc5c4cc(c(O)c5C4CCCCC4)CC1OC3=O)C2. The number of hydrogen-bond acceptors (Lipinski definition) is 11. The third kappa shape index (κ3) is 9.96. The topological polar surface area (TPSA) is 183 Å².